The zero-order valence-electron chi connectivity index (χ0n) is 14.8. The van der Waals surface area contributed by atoms with Gasteiger partial charge in [-0.3, -0.25) is 4.57 Å². The van der Waals surface area contributed by atoms with Gasteiger partial charge in [0.25, 0.3) is 0 Å². The van der Waals surface area contributed by atoms with Crippen molar-refractivity contribution in [3.63, 3.8) is 0 Å². The van der Waals surface area contributed by atoms with Crippen LogP contribution in [0.3, 0.4) is 0 Å². The monoisotopic (exact) mass is 371 g/mol. The lowest BCUT2D eigenvalue weighted by Crippen LogP contribution is -2.01. The number of hydrogen-bond donors (Lipinski definition) is 1. The predicted octanol–water partition coefficient (Wildman–Crippen LogP) is 3.43. The van der Waals surface area contributed by atoms with Crippen LogP contribution in [-0.2, 0) is 0 Å². The van der Waals surface area contributed by atoms with Crippen molar-refractivity contribution in [1.29, 1.82) is 0 Å². The zero-order valence-corrected chi connectivity index (χ0v) is 15.6. The van der Waals surface area contributed by atoms with E-state index in [9.17, 15) is 0 Å². The Bertz CT molecular complexity index is 849. The van der Waals surface area contributed by atoms with Gasteiger partial charge in [0.05, 0.1) is 25.5 Å². The quantitative estimate of drug-likeness (QED) is 0.483. The Hall–Kier alpha value is -2.51. The molecule has 0 aliphatic carbocycles. The van der Waals surface area contributed by atoms with Gasteiger partial charge in [0.15, 0.2) is 11.0 Å². The molecule has 0 radical (unpaired) electrons. The fourth-order valence-electron chi connectivity index (χ4n) is 2.56. The summed E-state index contributed by atoms with van der Waals surface area (Å²) in [5.41, 5.74) is 1.80. The summed E-state index contributed by atoms with van der Waals surface area (Å²) in [4.78, 5) is 0. The highest BCUT2D eigenvalue weighted by molar-refractivity contribution is 7.99. The maximum atomic E-state index is 9.05. The Balaban J connectivity index is 2.09. The van der Waals surface area contributed by atoms with E-state index >= 15 is 0 Å². The number of aliphatic hydroxyl groups excluding tert-OH is 1. The number of aliphatic hydroxyl groups is 1. The summed E-state index contributed by atoms with van der Waals surface area (Å²) in [7, 11) is 3.29. The van der Waals surface area contributed by atoms with E-state index in [4.69, 9.17) is 14.6 Å². The first kappa shape index (κ1) is 18.3. The third-order valence-corrected chi connectivity index (χ3v) is 4.86. The summed E-state index contributed by atoms with van der Waals surface area (Å²) < 4.78 is 12.7. The summed E-state index contributed by atoms with van der Waals surface area (Å²) in [5.74, 6) is 2.99. The van der Waals surface area contributed by atoms with E-state index < -0.39 is 0 Å². The molecule has 0 amide bonds. The molecule has 0 spiro atoms. The van der Waals surface area contributed by atoms with E-state index in [1.165, 1.54) is 0 Å². The first-order valence-corrected chi connectivity index (χ1v) is 9.24. The van der Waals surface area contributed by atoms with Crippen molar-refractivity contribution < 1.29 is 14.6 Å². The Morgan fingerprint density at radius 3 is 2.46 bits per heavy atom. The number of rotatable bonds is 8. The molecule has 0 bridgehead atoms. The largest absolute Gasteiger partial charge is 0.497 e. The molecule has 0 aliphatic heterocycles. The van der Waals surface area contributed by atoms with Crippen LogP contribution >= 0.6 is 11.8 Å². The molecule has 0 atom stereocenters. The summed E-state index contributed by atoms with van der Waals surface area (Å²) in [6.07, 6.45) is 0.699. The average Bonchev–Trinajstić information content (AvgIpc) is 3.12. The molecule has 1 heterocycles. The number of nitrogens with zero attached hydrogens (tertiary/aromatic N) is 3. The summed E-state index contributed by atoms with van der Waals surface area (Å²) in [6.45, 7) is 0.156. The van der Waals surface area contributed by atoms with Gasteiger partial charge in [0.1, 0.15) is 11.5 Å². The first-order chi connectivity index (χ1) is 12.8. The molecule has 0 aliphatic rings. The van der Waals surface area contributed by atoms with Gasteiger partial charge in [-0.1, -0.05) is 23.9 Å². The SMILES string of the molecule is COc1ccc(-n2c(SCCCO)nnc2-c2ccccc2OC)cc1. The van der Waals surface area contributed by atoms with Gasteiger partial charge in [0.2, 0.25) is 0 Å². The van der Waals surface area contributed by atoms with Crippen molar-refractivity contribution in [1.82, 2.24) is 14.8 Å². The maximum absolute atomic E-state index is 9.05. The lowest BCUT2D eigenvalue weighted by molar-refractivity contribution is 0.296. The first-order valence-electron chi connectivity index (χ1n) is 8.25. The molecule has 0 saturated heterocycles. The molecule has 3 aromatic rings. The third kappa shape index (κ3) is 3.84. The minimum absolute atomic E-state index is 0.156. The van der Waals surface area contributed by atoms with E-state index in [0.717, 1.165) is 33.7 Å². The molecule has 136 valence electrons. The highest BCUT2D eigenvalue weighted by Gasteiger charge is 2.18. The van der Waals surface area contributed by atoms with Crippen LogP contribution in [0.5, 0.6) is 11.5 Å². The molecular formula is C19H21N3O3S. The fourth-order valence-corrected chi connectivity index (χ4v) is 3.43. The number of methoxy groups -OCH3 is 2. The Labute approximate surface area is 156 Å². The number of para-hydroxylation sites is 1. The highest BCUT2D eigenvalue weighted by Crippen LogP contribution is 2.33. The molecule has 0 saturated carbocycles. The van der Waals surface area contributed by atoms with Crippen LogP contribution in [0.4, 0.5) is 0 Å². The molecule has 26 heavy (non-hydrogen) atoms. The van der Waals surface area contributed by atoms with Crippen molar-refractivity contribution in [3.8, 4) is 28.6 Å². The number of benzene rings is 2. The van der Waals surface area contributed by atoms with E-state index in [0.29, 0.717) is 12.2 Å². The van der Waals surface area contributed by atoms with Crippen LogP contribution in [0.2, 0.25) is 0 Å². The highest BCUT2D eigenvalue weighted by atomic mass is 32.2. The van der Waals surface area contributed by atoms with Crippen LogP contribution in [0.25, 0.3) is 17.1 Å². The van der Waals surface area contributed by atoms with Crippen LogP contribution in [0.15, 0.2) is 53.7 Å². The van der Waals surface area contributed by atoms with E-state index in [2.05, 4.69) is 10.2 Å². The van der Waals surface area contributed by atoms with Crippen LogP contribution in [0.1, 0.15) is 6.42 Å². The van der Waals surface area contributed by atoms with Crippen molar-refractivity contribution in [2.75, 3.05) is 26.6 Å². The molecular weight excluding hydrogens is 350 g/mol. The van der Waals surface area contributed by atoms with Crippen LogP contribution in [0, 0.1) is 0 Å². The molecule has 0 fully saturated rings. The Kier molecular flexibility index (Phi) is 6.14. The molecule has 0 unspecified atom stereocenters. The summed E-state index contributed by atoms with van der Waals surface area (Å²) in [5, 5.41) is 18.6. The fraction of sp³-hybridized carbons (Fsp3) is 0.263. The Morgan fingerprint density at radius 2 is 1.77 bits per heavy atom. The average molecular weight is 371 g/mol. The normalized spacial score (nSPS) is 10.7. The lowest BCUT2D eigenvalue weighted by atomic mass is 10.2. The van der Waals surface area contributed by atoms with Gasteiger partial charge in [-0.2, -0.15) is 0 Å². The van der Waals surface area contributed by atoms with Crippen molar-refractivity contribution in [3.05, 3.63) is 48.5 Å². The number of thioether (sulfide) groups is 1. The van der Waals surface area contributed by atoms with Gasteiger partial charge in [-0.15, -0.1) is 10.2 Å². The minimum Gasteiger partial charge on any atom is -0.497 e. The molecule has 3 rings (SSSR count). The maximum Gasteiger partial charge on any atom is 0.196 e. The zero-order chi connectivity index (χ0) is 18.4. The van der Waals surface area contributed by atoms with E-state index in [-0.39, 0.29) is 6.61 Å². The van der Waals surface area contributed by atoms with Crippen LogP contribution < -0.4 is 9.47 Å². The van der Waals surface area contributed by atoms with Gasteiger partial charge in [0, 0.05) is 12.4 Å². The van der Waals surface area contributed by atoms with E-state index in [1.807, 2.05) is 53.1 Å². The summed E-state index contributed by atoms with van der Waals surface area (Å²) in [6, 6.07) is 15.5. The standard InChI is InChI=1S/C19H21N3O3S/c1-24-15-10-8-14(9-11-15)22-18(16-6-3-4-7-17(16)25-2)20-21-19(22)26-13-5-12-23/h3-4,6-11,23H,5,12-13H2,1-2H3. The summed E-state index contributed by atoms with van der Waals surface area (Å²) >= 11 is 1.56. The third-order valence-electron chi connectivity index (χ3n) is 3.85. The number of ether oxygens (including phenoxy) is 2. The van der Waals surface area contributed by atoms with E-state index in [1.54, 1.807) is 26.0 Å². The van der Waals surface area contributed by atoms with Crippen molar-refractivity contribution >= 4 is 11.8 Å². The second-order valence-corrected chi connectivity index (χ2v) is 6.53. The molecule has 7 heteroatoms. The smallest absolute Gasteiger partial charge is 0.196 e. The number of hydrogen-bond acceptors (Lipinski definition) is 6. The topological polar surface area (TPSA) is 69.4 Å². The second kappa shape index (κ2) is 8.73. The predicted molar refractivity (Wildman–Crippen MR) is 102 cm³/mol. The molecule has 1 aromatic heterocycles. The molecule has 2 aromatic carbocycles. The van der Waals surface area contributed by atoms with Crippen LogP contribution in [-0.4, -0.2) is 46.5 Å². The molecule has 1 N–H and O–H groups in total. The number of aromatic nitrogens is 3. The second-order valence-electron chi connectivity index (χ2n) is 5.47. The van der Waals surface area contributed by atoms with Gasteiger partial charge < -0.3 is 14.6 Å². The lowest BCUT2D eigenvalue weighted by Gasteiger charge is -2.13. The van der Waals surface area contributed by atoms with Crippen molar-refractivity contribution in [2.24, 2.45) is 0 Å². The van der Waals surface area contributed by atoms with Gasteiger partial charge >= 0.3 is 0 Å². The van der Waals surface area contributed by atoms with Gasteiger partial charge in [-0.05, 0) is 42.8 Å². The molecule has 6 nitrogen and oxygen atoms in total. The minimum atomic E-state index is 0.156. The van der Waals surface area contributed by atoms with Gasteiger partial charge in [-0.25, -0.2) is 0 Å². The van der Waals surface area contributed by atoms with Crippen molar-refractivity contribution in [2.45, 2.75) is 11.6 Å². The Morgan fingerprint density at radius 1 is 1.00 bits per heavy atom.